The Morgan fingerprint density at radius 1 is 1.26 bits per heavy atom. The number of rotatable bonds is 6. The first-order chi connectivity index (χ1) is 9.20. The molecule has 0 amide bonds. The first-order valence-electron chi connectivity index (χ1n) is 6.69. The van der Waals surface area contributed by atoms with E-state index >= 15 is 0 Å². The maximum Gasteiger partial charge on any atom is 0.0914 e. The minimum absolute atomic E-state index is 0.179. The highest BCUT2D eigenvalue weighted by Gasteiger charge is 2.11. The summed E-state index contributed by atoms with van der Waals surface area (Å²) in [6.45, 7) is 5.55. The number of aromatic nitrogens is 2. The lowest BCUT2D eigenvalue weighted by Gasteiger charge is -2.16. The molecule has 2 aromatic rings. The van der Waals surface area contributed by atoms with Gasteiger partial charge in [-0.3, -0.25) is 4.68 Å². The largest absolute Gasteiger partial charge is 0.387 e. The normalized spacial score (nSPS) is 14.3. The lowest BCUT2D eigenvalue weighted by Crippen LogP contribution is -2.24. The van der Waals surface area contributed by atoms with Crippen molar-refractivity contribution in [2.45, 2.75) is 32.5 Å². The summed E-state index contributed by atoms with van der Waals surface area (Å²) in [4.78, 5) is 0. The van der Waals surface area contributed by atoms with Crippen molar-refractivity contribution in [3.8, 4) is 0 Å². The molecular formula is C15H21N3O. The van der Waals surface area contributed by atoms with E-state index < -0.39 is 6.10 Å². The van der Waals surface area contributed by atoms with Crippen LogP contribution in [0.3, 0.4) is 0 Å². The van der Waals surface area contributed by atoms with Crippen LogP contribution in [-0.2, 0) is 6.54 Å². The topological polar surface area (TPSA) is 50.1 Å². The van der Waals surface area contributed by atoms with E-state index in [0.717, 1.165) is 17.7 Å². The van der Waals surface area contributed by atoms with E-state index in [9.17, 15) is 5.11 Å². The molecule has 0 fully saturated rings. The van der Waals surface area contributed by atoms with Gasteiger partial charge in [-0.15, -0.1) is 0 Å². The molecule has 0 aliphatic heterocycles. The summed E-state index contributed by atoms with van der Waals surface area (Å²) in [5.74, 6) is 0. The molecule has 2 atom stereocenters. The molecule has 2 unspecified atom stereocenters. The van der Waals surface area contributed by atoms with Gasteiger partial charge in [0.1, 0.15) is 0 Å². The van der Waals surface area contributed by atoms with Gasteiger partial charge in [0.15, 0.2) is 0 Å². The van der Waals surface area contributed by atoms with Crippen LogP contribution in [0, 0.1) is 0 Å². The van der Waals surface area contributed by atoms with Crippen LogP contribution in [-0.4, -0.2) is 21.4 Å². The van der Waals surface area contributed by atoms with Crippen LogP contribution in [0.5, 0.6) is 0 Å². The smallest absolute Gasteiger partial charge is 0.0914 e. The van der Waals surface area contributed by atoms with Gasteiger partial charge in [-0.2, -0.15) is 5.10 Å². The van der Waals surface area contributed by atoms with E-state index in [0.29, 0.717) is 6.54 Å². The van der Waals surface area contributed by atoms with Gasteiger partial charge >= 0.3 is 0 Å². The summed E-state index contributed by atoms with van der Waals surface area (Å²) < 4.78 is 1.90. The maximum absolute atomic E-state index is 10.1. The molecule has 102 valence electrons. The van der Waals surface area contributed by atoms with Crippen molar-refractivity contribution in [1.29, 1.82) is 0 Å². The van der Waals surface area contributed by atoms with Crippen molar-refractivity contribution >= 4 is 0 Å². The third-order valence-corrected chi connectivity index (χ3v) is 3.28. The fourth-order valence-corrected chi connectivity index (χ4v) is 1.98. The Bertz CT molecular complexity index is 495. The molecule has 4 nitrogen and oxygen atoms in total. The molecule has 19 heavy (non-hydrogen) atoms. The number of hydrogen-bond donors (Lipinski definition) is 2. The van der Waals surface area contributed by atoms with E-state index in [1.54, 1.807) is 0 Å². The van der Waals surface area contributed by atoms with Gasteiger partial charge in [-0.05, 0) is 19.4 Å². The Labute approximate surface area is 114 Å². The minimum Gasteiger partial charge on any atom is -0.387 e. The summed E-state index contributed by atoms with van der Waals surface area (Å²) in [7, 11) is 0. The number of benzene rings is 1. The fourth-order valence-electron chi connectivity index (χ4n) is 1.98. The number of hydrogen-bond acceptors (Lipinski definition) is 3. The lowest BCUT2D eigenvalue weighted by atomic mass is 10.1. The zero-order chi connectivity index (χ0) is 13.7. The van der Waals surface area contributed by atoms with Crippen molar-refractivity contribution in [1.82, 2.24) is 15.1 Å². The van der Waals surface area contributed by atoms with E-state index in [2.05, 4.69) is 24.3 Å². The van der Waals surface area contributed by atoms with Crippen molar-refractivity contribution in [3.63, 3.8) is 0 Å². The molecule has 1 aromatic heterocycles. The Morgan fingerprint density at radius 3 is 2.63 bits per heavy atom. The standard InChI is InChI=1S/C15H21N3O/c1-3-18-11-14(9-17-18)12(2)16-10-15(19)13-7-5-4-6-8-13/h4-9,11-12,15-16,19H,3,10H2,1-2H3. The highest BCUT2D eigenvalue weighted by atomic mass is 16.3. The zero-order valence-corrected chi connectivity index (χ0v) is 11.5. The van der Waals surface area contributed by atoms with Gasteiger partial charge < -0.3 is 10.4 Å². The van der Waals surface area contributed by atoms with Gasteiger partial charge in [-0.1, -0.05) is 30.3 Å². The van der Waals surface area contributed by atoms with E-state index in [1.165, 1.54) is 0 Å². The lowest BCUT2D eigenvalue weighted by molar-refractivity contribution is 0.171. The SMILES string of the molecule is CCn1cc(C(C)NCC(O)c2ccccc2)cn1. The highest BCUT2D eigenvalue weighted by molar-refractivity contribution is 5.18. The van der Waals surface area contributed by atoms with Crippen molar-refractivity contribution in [2.75, 3.05) is 6.54 Å². The molecule has 1 heterocycles. The average Bonchev–Trinajstić information content (AvgIpc) is 2.94. The molecule has 4 heteroatoms. The molecule has 0 radical (unpaired) electrons. The van der Waals surface area contributed by atoms with Crippen LogP contribution < -0.4 is 5.32 Å². The Hall–Kier alpha value is -1.65. The predicted octanol–water partition coefficient (Wildman–Crippen LogP) is 2.29. The third kappa shape index (κ3) is 3.66. The highest BCUT2D eigenvalue weighted by Crippen LogP contribution is 2.15. The second kappa shape index (κ2) is 6.50. The van der Waals surface area contributed by atoms with E-state index in [-0.39, 0.29) is 6.04 Å². The van der Waals surface area contributed by atoms with Gasteiger partial charge in [0, 0.05) is 30.9 Å². The third-order valence-electron chi connectivity index (χ3n) is 3.28. The summed E-state index contributed by atoms with van der Waals surface area (Å²) in [6, 6.07) is 9.88. The zero-order valence-electron chi connectivity index (χ0n) is 11.5. The summed E-state index contributed by atoms with van der Waals surface area (Å²) in [5.41, 5.74) is 2.08. The number of aryl methyl sites for hydroxylation is 1. The van der Waals surface area contributed by atoms with Crippen LogP contribution >= 0.6 is 0 Å². The van der Waals surface area contributed by atoms with Crippen LogP contribution in [0.15, 0.2) is 42.7 Å². The van der Waals surface area contributed by atoms with Gasteiger partial charge in [-0.25, -0.2) is 0 Å². The molecule has 0 aliphatic carbocycles. The molecule has 2 rings (SSSR count). The monoisotopic (exact) mass is 259 g/mol. The first-order valence-corrected chi connectivity index (χ1v) is 6.69. The van der Waals surface area contributed by atoms with E-state index in [1.807, 2.05) is 47.4 Å². The van der Waals surface area contributed by atoms with Crippen LogP contribution in [0.2, 0.25) is 0 Å². The summed E-state index contributed by atoms with van der Waals surface area (Å²) >= 11 is 0. The summed E-state index contributed by atoms with van der Waals surface area (Å²) in [5, 5.41) is 17.7. The minimum atomic E-state index is -0.482. The number of aliphatic hydroxyl groups is 1. The first kappa shape index (κ1) is 13.8. The maximum atomic E-state index is 10.1. The Kier molecular flexibility index (Phi) is 4.71. The van der Waals surface area contributed by atoms with E-state index in [4.69, 9.17) is 0 Å². The van der Waals surface area contributed by atoms with Gasteiger partial charge in [0.2, 0.25) is 0 Å². The average molecular weight is 259 g/mol. The Morgan fingerprint density at radius 2 is 2.00 bits per heavy atom. The number of aliphatic hydroxyl groups excluding tert-OH is 1. The van der Waals surface area contributed by atoms with Crippen LogP contribution in [0.4, 0.5) is 0 Å². The summed E-state index contributed by atoms with van der Waals surface area (Å²) in [6.07, 6.45) is 3.42. The molecular weight excluding hydrogens is 238 g/mol. The molecule has 0 saturated heterocycles. The quantitative estimate of drug-likeness (QED) is 0.837. The molecule has 0 saturated carbocycles. The molecule has 0 spiro atoms. The number of nitrogens with zero attached hydrogens (tertiary/aromatic N) is 2. The van der Waals surface area contributed by atoms with Crippen molar-refractivity contribution in [2.24, 2.45) is 0 Å². The molecule has 0 bridgehead atoms. The van der Waals surface area contributed by atoms with Crippen molar-refractivity contribution < 1.29 is 5.11 Å². The Balaban J connectivity index is 1.88. The van der Waals surface area contributed by atoms with Crippen LogP contribution in [0.1, 0.15) is 37.1 Å². The predicted molar refractivity (Wildman–Crippen MR) is 75.7 cm³/mol. The van der Waals surface area contributed by atoms with Crippen molar-refractivity contribution in [3.05, 3.63) is 53.9 Å². The van der Waals surface area contributed by atoms with Gasteiger partial charge in [0.05, 0.1) is 12.3 Å². The van der Waals surface area contributed by atoms with Gasteiger partial charge in [0.25, 0.3) is 0 Å². The molecule has 2 N–H and O–H groups in total. The number of nitrogens with one attached hydrogen (secondary N) is 1. The fraction of sp³-hybridized carbons (Fsp3) is 0.400. The second-order valence-electron chi connectivity index (χ2n) is 4.69. The molecule has 0 aliphatic rings. The second-order valence-corrected chi connectivity index (χ2v) is 4.69. The van der Waals surface area contributed by atoms with Crippen LogP contribution in [0.25, 0.3) is 0 Å². The molecule has 1 aromatic carbocycles.